The van der Waals surface area contributed by atoms with E-state index in [-0.39, 0.29) is 29.9 Å². The highest BCUT2D eigenvalue weighted by molar-refractivity contribution is 6.25. The molecule has 2 aliphatic rings. The Morgan fingerprint density at radius 3 is 2.52 bits per heavy atom. The smallest absolute Gasteiger partial charge is 0.264 e. The highest BCUT2D eigenvalue weighted by Crippen LogP contribution is 2.32. The van der Waals surface area contributed by atoms with Crippen LogP contribution in [0.5, 0.6) is 0 Å². The van der Waals surface area contributed by atoms with E-state index in [1.807, 2.05) is 20.8 Å². The summed E-state index contributed by atoms with van der Waals surface area (Å²) in [6.45, 7) is 6.14. The summed E-state index contributed by atoms with van der Waals surface area (Å²) in [5.41, 5.74) is 0.368. The zero-order chi connectivity index (χ0) is 21.3. The number of nitrogens with one attached hydrogen (secondary N) is 3. The van der Waals surface area contributed by atoms with Crippen molar-refractivity contribution >= 4 is 35.2 Å². The summed E-state index contributed by atoms with van der Waals surface area (Å²) >= 11 is 0. The first-order chi connectivity index (χ1) is 13.6. The lowest BCUT2D eigenvalue weighted by Crippen LogP contribution is -2.54. The number of fused-ring (bicyclic) bond motifs is 1. The Morgan fingerprint density at radius 1 is 1.14 bits per heavy atom. The molecule has 9 nitrogen and oxygen atoms in total. The van der Waals surface area contributed by atoms with Gasteiger partial charge in [0.2, 0.25) is 17.7 Å². The van der Waals surface area contributed by atoms with E-state index in [0.717, 1.165) is 4.90 Å². The van der Waals surface area contributed by atoms with E-state index in [1.165, 1.54) is 6.07 Å². The van der Waals surface area contributed by atoms with Crippen molar-refractivity contribution in [1.29, 1.82) is 0 Å². The first-order valence-corrected chi connectivity index (χ1v) is 9.48. The second-order valence-corrected chi connectivity index (χ2v) is 8.11. The maximum absolute atomic E-state index is 13.0. The molecule has 1 unspecified atom stereocenters. The van der Waals surface area contributed by atoms with Gasteiger partial charge < -0.3 is 10.6 Å². The van der Waals surface area contributed by atoms with Crippen molar-refractivity contribution in [3.8, 4) is 0 Å². The number of rotatable bonds is 5. The van der Waals surface area contributed by atoms with Gasteiger partial charge in [0, 0.05) is 30.6 Å². The van der Waals surface area contributed by atoms with Crippen LogP contribution in [-0.2, 0) is 14.4 Å². The SMILES string of the molecule is CC(C)(C)C(=O)NCCNc1cccc2c1C(=O)N(C1CCC(=O)NC1=O)C2=O. The van der Waals surface area contributed by atoms with Gasteiger partial charge in [0.1, 0.15) is 6.04 Å². The summed E-state index contributed by atoms with van der Waals surface area (Å²) in [4.78, 5) is 62.1. The van der Waals surface area contributed by atoms with E-state index in [0.29, 0.717) is 18.8 Å². The van der Waals surface area contributed by atoms with Gasteiger partial charge in [-0.2, -0.15) is 0 Å². The number of carbonyl (C=O) groups excluding carboxylic acids is 5. The van der Waals surface area contributed by atoms with Gasteiger partial charge in [-0.15, -0.1) is 0 Å². The quantitative estimate of drug-likeness (QED) is 0.493. The molecule has 3 rings (SSSR count). The average Bonchev–Trinajstić information content (AvgIpc) is 2.90. The Labute approximate surface area is 168 Å². The van der Waals surface area contributed by atoms with Crippen LogP contribution in [0.1, 0.15) is 54.3 Å². The van der Waals surface area contributed by atoms with E-state index < -0.39 is 35.1 Å². The van der Waals surface area contributed by atoms with E-state index in [1.54, 1.807) is 12.1 Å². The third-order valence-electron chi connectivity index (χ3n) is 4.88. The van der Waals surface area contributed by atoms with Gasteiger partial charge in [-0.3, -0.25) is 34.2 Å². The number of piperidine rings is 1. The highest BCUT2D eigenvalue weighted by Gasteiger charge is 2.45. The second kappa shape index (κ2) is 7.65. The van der Waals surface area contributed by atoms with Crippen LogP contribution in [0.2, 0.25) is 0 Å². The van der Waals surface area contributed by atoms with Crippen LogP contribution in [-0.4, -0.2) is 53.6 Å². The Hall–Kier alpha value is -3.23. The van der Waals surface area contributed by atoms with Crippen LogP contribution in [0.3, 0.4) is 0 Å². The lowest BCUT2D eigenvalue weighted by atomic mass is 9.96. The van der Waals surface area contributed by atoms with Gasteiger partial charge in [0.25, 0.3) is 11.8 Å². The first kappa shape index (κ1) is 20.5. The van der Waals surface area contributed by atoms with E-state index in [4.69, 9.17) is 0 Å². The molecule has 29 heavy (non-hydrogen) atoms. The van der Waals surface area contributed by atoms with Crippen LogP contribution >= 0.6 is 0 Å². The van der Waals surface area contributed by atoms with Gasteiger partial charge in [-0.1, -0.05) is 26.8 Å². The molecule has 0 aromatic heterocycles. The second-order valence-electron chi connectivity index (χ2n) is 8.11. The van der Waals surface area contributed by atoms with Crippen molar-refractivity contribution in [1.82, 2.24) is 15.5 Å². The summed E-state index contributed by atoms with van der Waals surface area (Å²) in [6.07, 6.45) is 0.181. The molecule has 1 aromatic carbocycles. The van der Waals surface area contributed by atoms with E-state index in [2.05, 4.69) is 16.0 Å². The maximum Gasteiger partial charge on any atom is 0.264 e. The molecule has 1 atom stereocenters. The van der Waals surface area contributed by atoms with Crippen LogP contribution in [0, 0.1) is 5.41 Å². The van der Waals surface area contributed by atoms with E-state index >= 15 is 0 Å². The van der Waals surface area contributed by atoms with Gasteiger partial charge in [-0.05, 0) is 18.6 Å². The standard InChI is InChI=1S/C20H24N4O5/c1-20(2,3)19(29)22-10-9-21-12-6-4-5-11-15(12)18(28)24(17(11)27)13-7-8-14(25)23-16(13)26/h4-6,13,21H,7-10H2,1-3H3,(H,22,29)(H,23,25,26). The molecule has 9 heteroatoms. The van der Waals surface area contributed by atoms with Crippen LogP contribution in [0.25, 0.3) is 0 Å². The van der Waals surface area contributed by atoms with Gasteiger partial charge >= 0.3 is 0 Å². The Balaban J connectivity index is 1.72. The molecule has 0 spiro atoms. The fourth-order valence-corrected chi connectivity index (χ4v) is 3.30. The average molecular weight is 400 g/mol. The minimum Gasteiger partial charge on any atom is -0.383 e. The molecular weight excluding hydrogens is 376 g/mol. The third kappa shape index (κ3) is 3.98. The molecule has 0 bridgehead atoms. The Morgan fingerprint density at radius 2 is 1.86 bits per heavy atom. The summed E-state index contributed by atoms with van der Waals surface area (Å²) in [5.74, 6) is -2.27. The topological polar surface area (TPSA) is 125 Å². The summed E-state index contributed by atoms with van der Waals surface area (Å²) < 4.78 is 0. The summed E-state index contributed by atoms with van der Waals surface area (Å²) in [6, 6.07) is 3.85. The number of hydrogen-bond acceptors (Lipinski definition) is 6. The Bertz CT molecular complexity index is 903. The zero-order valence-electron chi connectivity index (χ0n) is 16.6. The van der Waals surface area contributed by atoms with Crippen molar-refractivity contribution in [3.63, 3.8) is 0 Å². The van der Waals surface area contributed by atoms with Crippen molar-refractivity contribution < 1.29 is 24.0 Å². The predicted molar refractivity (Wildman–Crippen MR) is 104 cm³/mol. The van der Waals surface area contributed by atoms with Crippen LogP contribution < -0.4 is 16.0 Å². The number of carbonyl (C=O) groups is 5. The molecular formula is C20H24N4O5. The molecule has 5 amide bonds. The number of hydrogen-bond donors (Lipinski definition) is 3. The number of amides is 5. The number of benzene rings is 1. The minimum absolute atomic E-state index is 0.0718. The lowest BCUT2D eigenvalue weighted by Gasteiger charge is -2.27. The first-order valence-electron chi connectivity index (χ1n) is 9.48. The van der Waals surface area contributed by atoms with Crippen LogP contribution in [0.4, 0.5) is 5.69 Å². The number of anilines is 1. The van der Waals surface area contributed by atoms with Crippen molar-refractivity contribution in [2.45, 2.75) is 39.7 Å². The van der Waals surface area contributed by atoms with Crippen molar-refractivity contribution in [2.75, 3.05) is 18.4 Å². The van der Waals surface area contributed by atoms with Crippen LogP contribution in [0.15, 0.2) is 18.2 Å². The molecule has 2 heterocycles. The molecule has 3 N–H and O–H groups in total. The fourth-order valence-electron chi connectivity index (χ4n) is 3.30. The lowest BCUT2D eigenvalue weighted by molar-refractivity contribution is -0.136. The van der Waals surface area contributed by atoms with E-state index in [9.17, 15) is 24.0 Å². The number of imide groups is 2. The largest absolute Gasteiger partial charge is 0.383 e. The summed E-state index contributed by atoms with van der Waals surface area (Å²) in [5, 5.41) is 8.05. The van der Waals surface area contributed by atoms with Gasteiger partial charge in [-0.25, -0.2) is 0 Å². The minimum atomic E-state index is -1.00. The fraction of sp³-hybridized carbons (Fsp3) is 0.450. The number of nitrogens with zero attached hydrogens (tertiary/aromatic N) is 1. The molecule has 154 valence electrons. The summed E-state index contributed by atoms with van der Waals surface area (Å²) in [7, 11) is 0. The normalized spacial score (nSPS) is 19.1. The molecule has 1 saturated heterocycles. The monoisotopic (exact) mass is 400 g/mol. The molecule has 0 aliphatic carbocycles. The van der Waals surface area contributed by atoms with Crippen molar-refractivity contribution in [2.24, 2.45) is 5.41 Å². The maximum atomic E-state index is 13.0. The molecule has 2 aliphatic heterocycles. The Kier molecular flexibility index (Phi) is 5.41. The highest BCUT2D eigenvalue weighted by atomic mass is 16.2. The van der Waals surface area contributed by atoms with Crippen molar-refractivity contribution in [3.05, 3.63) is 29.3 Å². The predicted octanol–water partition coefficient (Wildman–Crippen LogP) is 0.662. The molecule has 1 fully saturated rings. The molecule has 0 saturated carbocycles. The van der Waals surface area contributed by atoms with Gasteiger partial charge in [0.15, 0.2) is 0 Å². The third-order valence-corrected chi connectivity index (χ3v) is 4.88. The zero-order valence-corrected chi connectivity index (χ0v) is 16.6. The molecule has 0 radical (unpaired) electrons. The van der Waals surface area contributed by atoms with Gasteiger partial charge in [0.05, 0.1) is 11.1 Å². The molecule has 1 aromatic rings.